The molecule has 1 fully saturated rings. The van der Waals surface area contributed by atoms with Gasteiger partial charge >= 0.3 is 23.5 Å². The zero-order chi connectivity index (χ0) is 42.1. The normalized spacial score (nSPS) is 21.7. The number of phosphoric ester groups is 3. The highest BCUT2D eigenvalue weighted by atomic mass is 32.2. The number of carbonyl (C=O) groups excluding carboxylic acids is 3. The number of phosphoric acid groups is 3. The molecule has 2 aromatic heterocycles. The molecule has 314 valence electrons. The molecule has 2 aromatic rings. The third-order valence-electron chi connectivity index (χ3n) is 7.41. The number of hydrogen-bond acceptors (Lipinski definition) is 18. The predicted octanol–water partition coefficient (Wildman–Crippen LogP) is 0.187. The van der Waals surface area contributed by atoms with Crippen LogP contribution in [0.15, 0.2) is 36.5 Å². The monoisotopic (exact) mass is 875 g/mol. The SMILES string of the molecule is CC(C)=CC=CC(=O)SCCNC(=O)CCNC(=O)[C@H](O)C(C)(C)COP(=O)(O)OP(=O)(O)OC[C@H]1O[C@@H](n2cnc3c(N)ncnc32)[C@H](O)[C@@H]1OP(=O)(O)O. The van der Waals surface area contributed by atoms with Crippen molar-refractivity contribution in [2.75, 3.05) is 37.8 Å². The third-order valence-corrected chi connectivity index (χ3v) is 11.3. The van der Waals surface area contributed by atoms with E-state index < -0.39 is 84.6 Å². The molecule has 1 aliphatic rings. The number of aliphatic hydroxyl groups excluding tert-OH is 2. The standard InChI is InChI=1S/C28H44N7O17P3S/c1-16(2)6-5-7-19(37)56-11-10-30-18(36)8-9-31-26(40)23(39)28(3,4)13-49-55(46,47)52-54(44,45)48-12-17-22(51-53(41,42)43)21(38)27(50-17)35-15-34-20-24(29)32-14-33-25(20)35/h5-7,14-15,17,21-23,27,38-39H,8-13H2,1-4H3,(H,30,36)(H,31,40)(H,44,45)(H,46,47)(H2,29,32,33)(H2,41,42,43)/t17-,21-,22-,23+,27-/m1/s1. The highest BCUT2D eigenvalue weighted by molar-refractivity contribution is 8.14. The Kier molecular flexibility index (Phi) is 17.1. The lowest BCUT2D eigenvalue weighted by molar-refractivity contribution is -0.137. The molecule has 0 saturated carbocycles. The summed E-state index contributed by atoms with van der Waals surface area (Å²) in [6.07, 6.45) is -2.13. The van der Waals surface area contributed by atoms with E-state index in [1.54, 1.807) is 12.2 Å². The Morgan fingerprint density at radius 3 is 2.41 bits per heavy atom. The smallest absolute Gasteiger partial charge is 0.386 e. The van der Waals surface area contributed by atoms with Crippen LogP contribution in [0.3, 0.4) is 0 Å². The first-order valence-corrected chi connectivity index (χ1v) is 21.8. The maximum absolute atomic E-state index is 12.7. The van der Waals surface area contributed by atoms with Gasteiger partial charge in [-0.15, -0.1) is 0 Å². The number of amides is 2. The molecule has 3 heterocycles. The Hall–Kier alpha value is -2.96. The van der Waals surface area contributed by atoms with Crippen LogP contribution in [0.5, 0.6) is 0 Å². The Balaban J connectivity index is 1.49. The molecule has 56 heavy (non-hydrogen) atoms. The summed E-state index contributed by atoms with van der Waals surface area (Å²) >= 11 is 1.01. The van der Waals surface area contributed by atoms with Crippen molar-refractivity contribution in [3.63, 3.8) is 0 Å². The molecule has 28 heteroatoms. The number of anilines is 1. The first kappa shape index (κ1) is 47.4. The van der Waals surface area contributed by atoms with E-state index in [9.17, 15) is 57.9 Å². The Bertz CT molecular complexity index is 1920. The quantitative estimate of drug-likeness (QED) is 0.0350. The Morgan fingerprint density at radius 1 is 1.07 bits per heavy atom. The topological polar surface area (TPSA) is 364 Å². The fourth-order valence-corrected chi connectivity index (χ4v) is 8.06. The number of nitrogens with zero attached hydrogens (tertiary/aromatic N) is 4. The fourth-order valence-electron chi connectivity index (χ4n) is 4.65. The minimum absolute atomic E-state index is 0.0292. The second-order valence-electron chi connectivity index (χ2n) is 12.8. The minimum Gasteiger partial charge on any atom is -0.386 e. The number of fused-ring (bicyclic) bond motifs is 1. The number of nitrogens with one attached hydrogen (secondary N) is 2. The molecular weight excluding hydrogens is 831 g/mol. The number of hydrogen-bond donors (Lipinski definition) is 9. The van der Waals surface area contributed by atoms with Gasteiger partial charge in [-0.2, -0.15) is 4.31 Å². The Labute approximate surface area is 323 Å². The summed E-state index contributed by atoms with van der Waals surface area (Å²) in [7, 11) is -16.4. The number of thioether (sulfide) groups is 1. The molecule has 3 rings (SSSR count). The van der Waals surface area contributed by atoms with Crippen LogP contribution in [-0.4, -0.2) is 123 Å². The summed E-state index contributed by atoms with van der Waals surface area (Å²) in [6.45, 7) is 4.22. The van der Waals surface area contributed by atoms with Crippen molar-refractivity contribution in [2.24, 2.45) is 5.41 Å². The first-order chi connectivity index (χ1) is 25.9. The molecule has 7 atom stereocenters. The number of carbonyl (C=O) groups is 3. The molecule has 2 unspecified atom stereocenters. The fraction of sp³-hybridized carbons (Fsp3) is 0.571. The number of ether oxygens (including phenoxy) is 1. The number of allylic oxidation sites excluding steroid dienone is 3. The number of rotatable bonds is 21. The van der Waals surface area contributed by atoms with Crippen molar-refractivity contribution in [1.29, 1.82) is 0 Å². The molecule has 0 radical (unpaired) electrons. The van der Waals surface area contributed by atoms with Gasteiger partial charge in [0, 0.05) is 30.7 Å². The van der Waals surface area contributed by atoms with Gasteiger partial charge in [-0.25, -0.2) is 28.6 Å². The average Bonchev–Trinajstić information content (AvgIpc) is 3.64. The maximum atomic E-state index is 12.7. The van der Waals surface area contributed by atoms with Crippen LogP contribution in [0.2, 0.25) is 0 Å². The second-order valence-corrected chi connectivity index (χ2v) is 18.2. The van der Waals surface area contributed by atoms with Crippen molar-refractivity contribution in [3.8, 4) is 0 Å². The average molecular weight is 876 g/mol. The lowest BCUT2D eigenvalue weighted by Gasteiger charge is -2.30. The van der Waals surface area contributed by atoms with Crippen molar-refractivity contribution < 1.29 is 80.5 Å². The number of aromatic nitrogens is 4. The van der Waals surface area contributed by atoms with Crippen LogP contribution in [-0.2, 0) is 50.7 Å². The van der Waals surface area contributed by atoms with E-state index in [1.807, 2.05) is 13.8 Å². The van der Waals surface area contributed by atoms with Crippen LogP contribution >= 0.6 is 35.2 Å². The van der Waals surface area contributed by atoms with E-state index in [-0.39, 0.29) is 41.6 Å². The van der Waals surface area contributed by atoms with Crippen LogP contribution in [0.1, 0.15) is 40.3 Å². The van der Waals surface area contributed by atoms with Gasteiger partial charge in [0.15, 0.2) is 17.7 Å². The molecule has 10 N–H and O–H groups in total. The van der Waals surface area contributed by atoms with Crippen molar-refractivity contribution in [3.05, 3.63) is 36.5 Å². The zero-order valence-electron chi connectivity index (χ0n) is 30.3. The summed E-state index contributed by atoms with van der Waals surface area (Å²) in [4.78, 5) is 87.3. The van der Waals surface area contributed by atoms with Gasteiger partial charge in [-0.3, -0.25) is 32.5 Å². The zero-order valence-corrected chi connectivity index (χ0v) is 33.8. The number of nitrogens with two attached hydrogens (primary N) is 1. The van der Waals surface area contributed by atoms with E-state index >= 15 is 0 Å². The molecule has 0 bridgehead atoms. The summed E-state index contributed by atoms with van der Waals surface area (Å²) in [5.74, 6) is -1.16. The number of aliphatic hydroxyl groups is 2. The number of imidazole rings is 1. The Morgan fingerprint density at radius 2 is 1.75 bits per heavy atom. The van der Waals surface area contributed by atoms with Gasteiger partial charge in [0.05, 0.1) is 19.5 Å². The van der Waals surface area contributed by atoms with Crippen molar-refractivity contribution in [1.82, 2.24) is 30.2 Å². The predicted molar refractivity (Wildman–Crippen MR) is 196 cm³/mol. The maximum Gasteiger partial charge on any atom is 0.481 e. The second kappa shape index (κ2) is 20.1. The largest absolute Gasteiger partial charge is 0.481 e. The molecule has 2 amide bonds. The van der Waals surface area contributed by atoms with Crippen LogP contribution < -0.4 is 16.4 Å². The van der Waals surface area contributed by atoms with E-state index in [0.717, 1.165) is 34.6 Å². The molecule has 24 nitrogen and oxygen atoms in total. The highest BCUT2D eigenvalue weighted by Gasteiger charge is 2.50. The van der Waals surface area contributed by atoms with Gasteiger partial charge in [0.25, 0.3) is 0 Å². The highest BCUT2D eigenvalue weighted by Crippen LogP contribution is 2.61. The first-order valence-electron chi connectivity index (χ1n) is 16.3. The third kappa shape index (κ3) is 14.8. The van der Waals surface area contributed by atoms with E-state index in [1.165, 1.54) is 19.9 Å². The lowest BCUT2D eigenvalue weighted by atomic mass is 9.87. The lowest BCUT2D eigenvalue weighted by Crippen LogP contribution is -2.46. The van der Waals surface area contributed by atoms with Crippen LogP contribution in [0.25, 0.3) is 11.2 Å². The van der Waals surface area contributed by atoms with E-state index in [4.69, 9.17) is 19.5 Å². The number of nitrogen functional groups attached to an aromatic ring is 1. The minimum atomic E-state index is -5.57. The summed E-state index contributed by atoms with van der Waals surface area (Å²) in [5, 5.41) is 26.1. The molecule has 0 aliphatic carbocycles. The van der Waals surface area contributed by atoms with Gasteiger partial charge in [-0.1, -0.05) is 43.3 Å². The van der Waals surface area contributed by atoms with Crippen LogP contribution in [0.4, 0.5) is 5.82 Å². The van der Waals surface area contributed by atoms with E-state index in [2.05, 4.69) is 34.4 Å². The van der Waals surface area contributed by atoms with Crippen molar-refractivity contribution >= 4 is 69.1 Å². The molecule has 0 aromatic carbocycles. The molecule has 0 spiro atoms. The summed E-state index contributed by atoms with van der Waals surface area (Å²) in [6, 6.07) is 0. The van der Waals surface area contributed by atoms with Gasteiger partial charge < -0.3 is 50.9 Å². The van der Waals surface area contributed by atoms with Gasteiger partial charge in [-0.05, 0) is 19.9 Å². The molecule has 1 aliphatic heterocycles. The molecular formula is C28H44N7O17P3S. The summed E-state index contributed by atoms with van der Waals surface area (Å²) in [5.41, 5.74) is 5.28. The van der Waals surface area contributed by atoms with E-state index in [0.29, 0.717) is 5.75 Å². The van der Waals surface area contributed by atoms with Crippen LogP contribution in [0, 0.1) is 5.41 Å². The van der Waals surface area contributed by atoms with Gasteiger partial charge in [0.2, 0.25) is 16.9 Å². The molecule has 1 saturated heterocycles. The van der Waals surface area contributed by atoms with Crippen molar-refractivity contribution in [2.45, 2.75) is 64.8 Å². The summed E-state index contributed by atoms with van der Waals surface area (Å²) < 4.78 is 62.1. The van der Waals surface area contributed by atoms with Gasteiger partial charge in [0.1, 0.15) is 36.3 Å².